The molecule has 1 N–H and O–H groups in total. The Morgan fingerprint density at radius 1 is 1.03 bits per heavy atom. The third-order valence-electron chi connectivity index (χ3n) is 5.47. The van der Waals surface area contributed by atoms with Crippen LogP contribution in [0.4, 0.5) is 8.78 Å². The second-order valence-electron chi connectivity index (χ2n) is 7.60. The van der Waals surface area contributed by atoms with E-state index in [1.165, 1.54) is 18.3 Å². The highest BCUT2D eigenvalue weighted by atomic mass is 35.5. The highest BCUT2D eigenvalue weighted by Gasteiger charge is 2.21. The summed E-state index contributed by atoms with van der Waals surface area (Å²) in [4.78, 5) is 15.5. The average molecular weight is 456 g/mol. The molecule has 4 rings (SSSR count). The second-order valence-corrected chi connectivity index (χ2v) is 8.03. The molecule has 0 atom stereocenters. The fourth-order valence-corrected chi connectivity index (χ4v) is 4.07. The van der Waals surface area contributed by atoms with Crippen LogP contribution >= 0.6 is 11.6 Å². The number of nitrogens with zero attached hydrogens (tertiary/aromatic N) is 1. The molecule has 2 aromatic carbocycles. The standard InChI is InChI=1S/C25H20ClF2NO3/c26-18-6-8-24(32-14-15-5-7-19(27)11-23(15)28)22(10-18)21-4-2-1-3-20(21)16-9-17(25(30)31)13-29-12-16/h5-13H,1-4,14H2,(H,30,31). The molecule has 0 fully saturated rings. The minimum absolute atomic E-state index is 0.0700. The van der Waals surface area contributed by atoms with Gasteiger partial charge in [-0.05, 0) is 78.8 Å². The highest BCUT2D eigenvalue weighted by molar-refractivity contribution is 6.30. The number of benzene rings is 2. The molecule has 0 unspecified atom stereocenters. The van der Waals surface area contributed by atoms with Crippen molar-refractivity contribution in [3.8, 4) is 5.75 Å². The molecule has 0 saturated heterocycles. The Balaban J connectivity index is 1.74. The number of carbonyl (C=O) groups is 1. The summed E-state index contributed by atoms with van der Waals surface area (Å²) in [7, 11) is 0. The maximum Gasteiger partial charge on any atom is 0.337 e. The Morgan fingerprint density at radius 3 is 2.56 bits per heavy atom. The minimum atomic E-state index is -1.04. The summed E-state index contributed by atoms with van der Waals surface area (Å²) in [6.07, 6.45) is 6.43. The minimum Gasteiger partial charge on any atom is -0.488 e. The Kier molecular flexibility index (Phi) is 6.51. The van der Waals surface area contributed by atoms with Crippen molar-refractivity contribution in [1.82, 2.24) is 4.98 Å². The van der Waals surface area contributed by atoms with Gasteiger partial charge in [-0.15, -0.1) is 0 Å². The van der Waals surface area contributed by atoms with Gasteiger partial charge in [0.2, 0.25) is 0 Å². The smallest absolute Gasteiger partial charge is 0.337 e. The van der Waals surface area contributed by atoms with Gasteiger partial charge in [0, 0.05) is 34.6 Å². The molecule has 1 aliphatic carbocycles. The number of rotatable bonds is 6. The van der Waals surface area contributed by atoms with E-state index in [1.54, 1.807) is 30.5 Å². The van der Waals surface area contributed by atoms with Gasteiger partial charge in [-0.3, -0.25) is 4.98 Å². The van der Waals surface area contributed by atoms with Crippen LogP contribution in [0.25, 0.3) is 11.1 Å². The Morgan fingerprint density at radius 2 is 1.81 bits per heavy atom. The molecule has 0 spiro atoms. The van der Waals surface area contributed by atoms with Crippen LogP contribution in [0.15, 0.2) is 54.9 Å². The zero-order chi connectivity index (χ0) is 22.7. The third kappa shape index (κ3) is 4.81. The quantitative estimate of drug-likeness (QED) is 0.445. The highest BCUT2D eigenvalue weighted by Crippen LogP contribution is 2.42. The van der Waals surface area contributed by atoms with Crippen molar-refractivity contribution in [3.05, 3.63) is 93.8 Å². The van der Waals surface area contributed by atoms with Crippen LogP contribution < -0.4 is 4.74 Å². The lowest BCUT2D eigenvalue weighted by Gasteiger charge is -2.23. The van der Waals surface area contributed by atoms with Crippen molar-refractivity contribution in [3.63, 3.8) is 0 Å². The first-order valence-corrected chi connectivity index (χ1v) is 10.6. The molecule has 164 valence electrons. The summed E-state index contributed by atoms with van der Waals surface area (Å²) in [5.74, 6) is -1.83. The van der Waals surface area contributed by atoms with Crippen LogP contribution in [0.2, 0.25) is 5.02 Å². The molecule has 0 bridgehead atoms. The number of pyridine rings is 1. The lowest BCUT2D eigenvalue weighted by molar-refractivity contribution is 0.0696. The molecule has 32 heavy (non-hydrogen) atoms. The molecule has 0 aliphatic heterocycles. The van der Waals surface area contributed by atoms with Gasteiger partial charge in [-0.25, -0.2) is 13.6 Å². The number of carboxylic acid groups (broad SMARTS) is 1. The van der Waals surface area contributed by atoms with Crippen molar-refractivity contribution in [2.45, 2.75) is 32.3 Å². The van der Waals surface area contributed by atoms with Crippen LogP contribution in [0.3, 0.4) is 0 Å². The topological polar surface area (TPSA) is 59.4 Å². The molecule has 0 radical (unpaired) electrons. The normalized spacial score (nSPS) is 13.8. The van der Waals surface area contributed by atoms with Crippen molar-refractivity contribution in [1.29, 1.82) is 0 Å². The Bertz CT molecular complexity index is 1210. The molecule has 4 nitrogen and oxygen atoms in total. The van der Waals surface area contributed by atoms with Gasteiger partial charge in [0.25, 0.3) is 0 Å². The van der Waals surface area contributed by atoms with E-state index in [1.807, 2.05) is 0 Å². The predicted octanol–water partition coefficient (Wildman–Crippen LogP) is 6.78. The summed E-state index contributed by atoms with van der Waals surface area (Å²) in [6.45, 7) is -0.0700. The first-order chi connectivity index (χ1) is 15.4. The second kappa shape index (κ2) is 9.49. The van der Waals surface area contributed by atoms with Gasteiger partial charge in [0.05, 0.1) is 5.56 Å². The summed E-state index contributed by atoms with van der Waals surface area (Å²) in [5, 5.41) is 9.86. The summed E-state index contributed by atoms with van der Waals surface area (Å²) >= 11 is 6.29. The summed E-state index contributed by atoms with van der Waals surface area (Å²) in [6, 6.07) is 10.2. The predicted molar refractivity (Wildman–Crippen MR) is 119 cm³/mol. The number of aromatic nitrogens is 1. The van der Waals surface area contributed by atoms with Gasteiger partial charge in [-0.2, -0.15) is 0 Å². The van der Waals surface area contributed by atoms with E-state index in [2.05, 4.69) is 4.98 Å². The SMILES string of the molecule is O=C(O)c1cncc(C2=C(c3cc(Cl)ccc3OCc3ccc(F)cc3F)CCCC2)c1. The number of hydrogen-bond acceptors (Lipinski definition) is 3. The average Bonchev–Trinajstić information content (AvgIpc) is 2.79. The largest absolute Gasteiger partial charge is 0.488 e. The van der Waals surface area contributed by atoms with E-state index in [0.717, 1.165) is 54.0 Å². The number of allylic oxidation sites excluding steroid dienone is 2. The van der Waals surface area contributed by atoms with E-state index in [9.17, 15) is 18.7 Å². The van der Waals surface area contributed by atoms with Crippen molar-refractivity contribution < 1.29 is 23.4 Å². The van der Waals surface area contributed by atoms with Gasteiger partial charge in [0.15, 0.2) is 0 Å². The monoisotopic (exact) mass is 455 g/mol. The Hall–Kier alpha value is -3.25. The van der Waals surface area contributed by atoms with Gasteiger partial charge >= 0.3 is 5.97 Å². The van der Waals surface area contributed by atoms with Crippen LogP contribution in [0.5, 0.6) is 5.75 Å². The zero-order valence-electron chi connectivity index (χ0n) is 17.1. The fraction of sp³-hybridized carbons (Fsp3) is 0.200. The van der Waals surface area contributed by atoms with E-state index >= 15 is 0 Å². The zero-order valence-corrected chi connectivity index (χ0v) is 17.8. The number of ether oxygens (including phenoxy) is 1. The summed E-state index contributed by atoms with van der Waals surface area (Å²) < 4.78 is 33.2. The van der Waals surface area contributed by atoms with Crippen LogP contribution in [0, 0.1) is 11.6 Å². The fourth-order valence-electron chi connectivity index (χ4n) is 3.90. The van der Waals surface area contributed by atoms with Gasteiger partial charge in [-0.1, -0.05) is 11.6 Å². The van der Waals surface area contributed by atoms with Gasteiger partial charge < -0.3 is 9.84 Å². The van der Waals surface area contributed by atoms with Crippen LogP contribution in [0.1, 0.15) is 52.7 Å². The lowest BCUT2D eigenvalue weighted by Crippen LogP contribution is -2.05. The molecule has 0 amide bonds. The molecular weight excluding hydrogens is 436 g/mol. The molecule has 0 saturated carbocycles. The van der Waals surface area contributed by atoms with E-state index in [0.29, 0.717) is 10.8 Å². The molecular formula is C25H20ClF2NO3. The number of halogens is 3. The first kappa shape index (κ1) is 22.0. The van der Waals surface area contributed by atoms with Gasteiger partial charge in [0.1, 0.15) is 24.0 Å². The first-order valence-electron chi connectivity index (χ1n) is 10.2. The maximum absolute atomic E-state index is 14.1. The van der Waals surface area contributed by atoms with Crippen LogP contribution in [-0.2, 0) is 6.61 Å². The maximum atomic E-state index is 14.1. The van der Waals surface area contributed by atoms with E-state index in [4.69, 9.17) is 16.3 Å². The van der Waals surface area contributed by atoms with E-state index < -0.39 is 17.6 Å². The summed E-state index contributed by atoms with van der Waals surface area (Å²) in [5.41, 5.74) is 3.87. The molecule has 3 aromatic rings. The molecule has 7 heteroatoms. The number of carboxylic acids is 1. The van der Waals surface area contributed by atoms with Crippen LogP contribution in [-0.4, -0.2) is 16.1 Å². The number of aromatic carboxylic acids is 1. The molecule has 1 aliphatic rings. The Labute approximate surface area is 189 Å². The van der Waals surface area contributed by atoms with Crippen molar-refractivity contribution in [2.75, 3.05) is 0 Å². The van der Waals surface area contributed by atoms with E-state index in [-0.39, 0.29) is 17.7 Å². The molecule has 1 aromatic heterocycles. The number of hydrogen-bond donors (Lipinski definition) is 1. The van der Waals surface area contributed by atoms with Crippen molar-refractivity contribution >= 4 is 28.7 Å². The lowest BCUT2D eigenvalue weighted by atomic mass is 9.84. The van der Waals surface area contributed by atoms with Crippen molar-refractivity contribution in [2.24, 2.45) is 0 Å². The molecule has 1 heterocycles. The third-order valence-corrected chi connectivity index (χ3v) is 5.70.